The molecule has 3 rings (SSSR count). The molecule has 128 valence electrons. The lowest BCUT2D eigenvalue weighted by Crippen LogP contribution is -2.00. The van der Waals surface area contributed by atoms with Crippen LogP contribution in [0.5, 0.6) is 0 Å². The van der Waals surface area contributed by atoms with Crippen LogP contribution in [0.25, 0.3) is 5.76 Å². The lowest BCUT2D eigenvalue weighted by molar-refractivity contribution is 0.103. The van der Waals surface area contributed by atoms with Gasteiger partial charge >= 0.3 is 0 Å². The Labute approximate surface area is 145 Å². The van der Waals surface area contributed by atoms with Gasteiger partial charge in [-0.3, -0.25) is 9.89 Å². The Bertz CT molecular complexity index is 890. The first-order chi connectivity index (χ1) is 12.1. The summed E-state index contributed by atoms with van der Waals surface area (Å²) in [5, 5.41) is 16.5. The van der Waals surface area contributed by atoms with Crippen molar-refractivity contribution in [3.63, 3.8) is 0 Å². The quantitative estimate of drug-likeness (QED) is 0.411. The normalized spacial score (nSPS) is 11.7. The highest BCUT2D eigenvalue weighted by molar-refractivity contribution is 6.05. The summed E-state index contributed by atoms with van der Waals surface area (Å²) in [6.45, 7) is 4.78. The summed E-state index contributed by atoms with van der Waals surface area (Å²) in [5.74, 6) is -0.382. The van der Waals surface area contributed by atoms with Crippen molar-refractivity contribution in [2.45, 2.75) is 26.8 Å². The fraction of sp³-hybridized carbons (Fsp3) is 0.211. The third kappa shape index (κ3) is 3.85. The van der Waals surface area contributed by atoms with E-state index in [0.717, 1.165) is 12.0 Å². The largest absolute Gasteiger partial charge is 0.507 e. The standard InChI is InChI=1S/C19H20N4O2/c1-3-15-10-23(9-14-6-4-13(2)5-7-14)11-16(15)17(24)8-18(25)19-20-12-21-22-19/h4-8,10-12,24H,3,9H2,1-2H3,(H,20,21,22). The van der Waals surface area contributed by atoms with Crippen molar-refractivity contribution in [2.24, 2.45) is 0 Å². The molecular weight excluding hydrogens is 316 g/mol. The Morgan fingerprint density at radius 2 is 2.04 bits per heavy atom. The first-order valence-electron chi connectivity index (χ1n) is 8.11. The van der Waals surface area contributed by atoms with Crippen molar-refractivity contribution in [1.82, 2.24) is 19.7 Å². The molecule has 0 spiro atoms. The molecule has 0 saturated carbocycles. The molecule has 0 amide bonds. The maximum Gasteiger partial charge on any atom is 0.226 e. The van der Waals surface area contributed by atoms with E-state index in [-0.39, 0.29) is 11.6 Å². The van der Waals surface area contributed by atoms with Crippen LogP contribution in [-0.4, -0.2) is 30.6 Å². The number of carbonyl (C=O) groups excluding carboxylic acids is 1. The average Bonchev–Trinajstić information content (AvgIpc) is 3.26. The monoisotopic (exact) mass is 336 g/mol. The van der Waals surface area contributed by atoms with E-state index in [9.17, 15) is 9.90 Å². The molecule has 6 heteroatoms. The fourth-order valence-corrected chi connectivity index (χ4v) is 2.66. The molecule has 0 aliphatic rings. The number of nitrogens with zero attached hydrogens (tertiary/aromatic N) is 3. The third-order valence-electron chi connectivity index (χ3n) is 4.02. The number of aliphatic hydroxyl groups is 1. The van der Waals surface area contributed by atoms with Crippen LogP contribution in [0.4, 0.5) is 0 Å². The molecule has 0 radical (unpaired) electrons. The number of aromatic amines is 1. The fourth-order valence-electron chi connectivity index (χ4n) is 2.66. The number of ketones is 1. The molecule has 0 saturated heterocycles. The minimum Gasteiger partial charge on any atom is -0.507 e. The maximum absolute atomic E-state index is 12.0. The van der Waals surface area contributed by atoms with E-state index in [2.05, 4.69) is 46.4 Å². The first kappa shape index (κ1) is 16.7. The van der Waals surface area contributed by atoms with Crippen LogP contribution in [0.15, 0.2) is 49.1 Å². The van der Waals surface area contributed by atoms with Crippen LogP contribution in [0.3, 0.4) is 0 Å². The van der Waals surface area contributed by atoms with Crippen molar-refractivity contribution >= 4 is 11.5 Å². The summed E-state index contributed by atoms with van der Waals surface area (Å²) in [6.07, 6.45) is 7.04. The molecule has 0 aliphatic carbocycles. The molecule has 0 bridgehead atoms. The van der Waals surface area contributed by atoms with Crippen LogP contribution in [-0.2, 0) is 13.0 Å². The molecule has 0 atom stereocenters. The van der Waals surface area contributed by atoms with E-state index in [1.807, 2.05) is 23.9 Å². The molecule has 1 aromatic carbocycles. The van der Waals surface area contributed by atoms with E-state index in [4.69, 9.17) is 0 Å². The topological polar surface area (TPSA) is 83.8 Å². The van der Waals surface area contributed by atoms with Gasteiger partial charge in [0.25, 0.3) is 0 Å². The number of allylic oxidation sites excluding steroid dienone is 1. The van der Waals surface area contributed by atoms with Crippen molar-refractivity contribution < 1.29 is 9.90 Å². The van der Waals surface area contributed by atoms with Crippen LogP contribution >= 0.6 is 0 Å². The van der Waals surface area contributed by atoms with Crippen molar-refractivity contribution in [2.75, 3.05) is 0 Å². The van der Waals surface area contributed by atoms with Crippen LogP contribution in [0, 0.1) is 6.92 Å². The zero-order valence-electron chi connectivity index (χ0n) is 14.2. The minimum absolute atomic E-state index is 0.0686. The van der Waals surface area contributed by atoms with E-state index < -0.39 is 5.78 Å². The van der Waals surface area contributed by atoms with Gasteiger partial charge in [0.2, 0.25) is 5.78 Å². The summed E-state index contributed by atoms with van der Waals surface area (Å²) in [5.41, 5.74) is 4.03. The number of aromatic nitrogens is 4. The van der Waals surface area contributed by atoms with Crippen molar-refractivity contribution in [3.8, 4) is 0 Å². The number of H-pyrrole nitrogens is 1. The second-order valence-corrected chi connectivity index (χ2v) is 5.94. The molecular formula is C19H20N4O2. The van der Waals surface area contributed by atoms with Gasteiger partial charge in [0.05, 0.1) is 0 Å². The predicted octanol–water partition coefficient (Wildman–Crippen LogP) is 3.31. The summed E-state index contributed by atoms with van der Waals surface area (Å²) < 4.78 is 2.02. The Morgan fingerprint density at radius 3 is 2.68 bits per heavy atom. The van der Waals surface area contributed by atoms with E-state index in [1.165, 1.54) is 23.5 Å². The number of nitrogens with one attached hydrogen (secondary N) is 1. The van der Waals surface area contributed by atoms with Gasteiger partial charge in [-0.05, 0) is 24.5 Å². The van der Waals surface area contributed by atoms with Gasteiger partial charge in [0, 0.05) is 30.6 Å². The molecule has 25 heavy (non-hydrogen) atoms. The Hall–Kier alpha value is -3.15. The van der Waals surface area contributed by atoms with Gasteiger partial charge in [-0.15, -0.1) is 0 Å². The SMILES string of the molecule is CCc1cn(Cc2ccc(C)cc2)cc1C(O)=CC(=O)c1ncn[nH]1. The third-order valence-corrected chi connectivity index (χ3v) is 4.02. The highest BCUT2D eigenvalue weighted by Crippen LogP contribution is 2.21. The van der Waals surface area contributed by atoms with Gasteiger partial charge in [-0.1, -0.05) is 36.8 Å². The second-order valence-electron chi connectivity index (χ2n) is 5.94. The lowest BCUT2D eigenvalue weighted by Gasteiger charge is -2.03. The number of benzene rings is 1. The number of hydrogen-bond donors (Lipinski definition) is 2. The molecule has 2 heterocycles. The van der Waals surface area contributed by atoms with Gasteiger partial charge < -0.3 is 9.67 Å². The van der Waals surface area contributed by atoms with Crippen molar-refractivity contribution in [1.29, 1.82) is 0 Å². The minimum atomic E-state index is -0.414. The molecule has 3 aromatic rings. The Kier molecular flexibility index (Phi) is 4.79. The molecule has 6 nitrogen and oxygen atoms in total. The highest BCUT2D eigenvalue weighted by Gasteiger charge is 2.13. The number of carbonyl (C=O) groups is 1. The molecule has 2 aromatic heterocycles. The lowest BCUT2D eigenvalue weighted by atomic mass is 10.1. The molecule has 2 N–H and O–H groups in total. The molecule has 0 aliphatic heterocycles. The summed E-state index contributed by atoms with van der Waals surface area (Å²) in [7, 11) is 0. The number of rotatable bonds is 6. The number of aliphatic hydroxyl groups excluding tert-OH is 1. The zero-order chi connectivity index (χ0) is 17.8. The summed E-state index contributed by atoms with van der Waals surface area (Å²) in [4.78, 5) is 15.8. The van der Waals surface area contributed by atoms with E-state index in [0.29, 0.717) is 12.1 Å². The van der Waals surface area contributed by atoms with E-state index >= 15 is 0 Å². The zero-order valence-corrected chi connectivity index (χ0v) is 14.2. The smallest absolute Gasteiger partial charge is 0.226 e. The molecule has 0 fully saturated rings. The maximum atomic E-state index is 12.0. The van der Waals surface area contributed by atoms with Gasteiger partial charge in [-0.25, -0.2) is 4.98 Å². The molecule has 0 unspecified atom stereocenters. The number of hydrogen-bond acceptors (Lipinski definition) is 4. The van der Waals surface area contributed by atoms with Gasteiger partial charge in [0.1, 0.15) is 12.1 Å². The second kappa shape index (κ2) is 7.17. The highest BCUT2D eigenvalue weighted by atomic mass is 16.3. The summed E-state index contributed by atoms with van der Waals surface area (Å²) in [6, 6.07) is 8.33. The van der Waals surface area contributed by atoms with Crippen LogP contribution < -0.4 is 0 Å². The Balaban J connectivity index is 1.84. The Morgan fingerprint density at radius 1 is 1.28 bits per heavy atom. The first-order valence-corrected chi connectivity index (χ1v) is 8.11. The van der Waals surface area contributed by atoms with Crippen molar-refractivity contribution in [3.05, 3.63) is 77.1 Å². The predicted molar refractivity (Wildman–Crippen MR) is 95.4 cm³/mol. The average molecular weight is 336 g/mol. The summed E-state index contributed by atoms with van der Waals surface area (Å²) >= 11 is 0. The van der Waals surface area contributed by atoms with E-state index in [1.54, 1.807) is 0 Å². The van der Waals surface area contributed by atoms with Crippen LogP contribution in [0.2, 0.25) is 0 Å². The van der Waals surface area contributed by atoms with Gasteiger partial charge in [-0.2, -0.15) is 5.10 Å². The number of aryl methyl sites for hydroxylation is 2. The van der Waals surface area contributed by atoms with Gasteiger partial charge in [0.15, 0.2) is 5.82 Å². The van der Waals surface area contributed by atoms with Crippen LogP contribution in [0.1, 0.15) is 39.8 Å².